The highest BCUT2D eigenvalue weighted by Gasteiger charge is 2.08. The number of benzene rings is 1. The predicted octanol–water partition coefficient (Wildman–Crippen LogP) is 0.413. The van der Waals surface area contributed by atoms with Gasteiger partial charge in [-0.1, -0.05) is 18.2 Å². The molecule has 1 atom stereocenters. The second-order valence-corrected chi connectivity index (χ2v) is 4.00. The van der Waals surface area contributed by atoms with Crippen molar-refractivity contribution in [3.63, 3.8) is 0 Å². The van der Waals surface area contributed by atoms with Crippen molar-refractivity contribution in [1.29, 1.82) is 0 Å². The Kier molecular flexibility index (Phi) is 5.25. The van der Waals surface area contributed by atoms with E-state index in [0.717, 1.165) is 24.4 Å². The second-order valence-electron chi connectivity index (χ2n) is 4.00. The van der Waals surface area contributed by atoms with Crippen LogP contribution in [0.15, 0.2) is 24.3 Å². The van der Waals surface area contributed by atoms with Crippen LogP contribution >= 0.6 is 0 Å². The fourth-order valence-corrected chi connectivity index (χ4v) is 1.66. The van der Waals surface area contributed by atoms with Crippen molar-refractivity contribution in [1.82, 2.24) is 4.90 Å². The number of likely N-dealkylation sites (N-methyl/N-ethyl adjacent to an activating group) is 1. The van der Waals surface area contributed by atoms with E-state index < -0.39 is 0 Å². The van der Waals surface area contributed by atoms with Crippen LogP contribution in [0.1, 0.15) is 5.56 Å². The minimum absolute atomic E-state index is 0.0275. The van der Waals surface area contributed by atoms with Crippen LogP contribution < -0.4 is 16.2 Å². The SMILES string of the molecule is COc1ccccc1CN(C)CC(N)CN. The number of rotatable bonds is 6. The first-order valence-corrected chi connectivity index (χ1v) is 5.43. The van der Waals surface area contributed by atoms with Gasteiger partial charge in [-0.15, -0.1) is 0 Å². The summed E-state index contributed by atoms with van der Waals surface area (Å²) in [4.78, 5) is 2.15. The molecule has 16 heavy (non-hydrogen) atoms. The van der Waals surface area contributed by atoms with E-state index in [0.29, 0.717) is 6.54 Å². The van der Waals surface area contributed by atoms with E-state index in [-0.39, 0.29) is 6.04 Å². The van der Waals surface area contributed by atoms with E-state index in [1.54, 1.807) is 7.11 Å². The summed E-state index contributed by atoms with van der Waals surface area (Å²) in [6.07, 6.45) is 0. The van der Waals surface area contributed by atoms with Gasteiger partial charge in [0.2, 0.25) is 0 Å². The largest absolute Gasteiger partial charge is 0.496 e. The van der Waals surface area contributed by atoms with Gasteiger partial charge in [-0.25, -0.2) is 0 Å². The molecule has 0 saturated carbocycles. The van der Waals surface area contributed by atoms with Gasteiger partial charge in [0.25, 0.3) is 0 Å². The maximum atomic E-state index is 5.80. The van der Waals surface area contributed by atoms with Crippen LogP contribution in [0.3, 0.4) is 0 Å². The Hall–Kier alpha value is -1.10. The molecule has 0 aliphatic carbocycles. The van der Waals surface area contributed by atoms with Gasteiger partial charge in [0.05, 0.1) is 7.11 Å². The number of hydrogen-bond acceptors (Lipinski definition) is 4. The van der Waals surface area contributed by atoms with Crippen LogP contribution in [0.25, 0.3) is 0 Å². The van der Waals surface area contributed by atoms with Crippen molar-refractivity contribution in [3.8, 4) is 5.75 Å². The summed E-state index contributed by atoms with van der Waals surface area (Å²) < 4.78 is 5.29. The average molecular weight is 223 g/mol. The number of ether oxygens (including phenoxy) is 1. The molecule has 0 aliphatic rings. The van der Waals surface area contributed by atoms with Crippen molar-refractivity contribution in [3.05, 3.63) is 29.8 Å². The zero-order chi connectivity index (χ0) is 12.0. The van der Waals surface area contributed by atoms with E-state index >= 15 is 0 Å². The second kappa shape index (κ2) is 6.48. The molecule has 0 aliphatic heterocycles. The van der Waals surface area contributed by atoms with Crippen molar-refractivity contribution in [2.75, 3.05) is 27.2 Å². The molecule has 0 spiro atoms. The third-order valence-corrected chi connectivity index (χ3v) is 2.48. The molecule has 1 unspecified atom stereocenters. The lowest BCUT2D eigenvalue weighted by Gasteiger charge is -2.21. The Morgan fingerprint density at radius 1 is 1.38 bits per heavy atom. The molecule has 4 nitrogen and oxygen atoms in total. The molecule has 1 rings (SSSR count). The van der Waals surface area contributed by atoms with Gasteiger partial charge in [0.15, 0.2) is 0 Å². The highest BCUT2D eigenvalue weighted by Crippen LogP contribution is 2.18. The number of para-hydroxylation sites is 1. The van der Waals surface area contributed by atoms with Gasteiger partial charge in [0.1, 0.15) is 5.75 Å². The highest BCUT2D eigenvalue weighted by atomic mass is 16.5. The summed E-state index contributed by atoms with van der Waals surface area (Å²) in [5, 5.41) is 0. The van der Waals surface area contributed by atoms with Gasteiger partial charge in [-0.3, -0.25) is 0 Å². The van der Waals surface area contributed by atoms with Gasteiger partial charge in [-0.2, -0.15) is 0 Å². The van der Waals surface area contributed by atoms with E-state index in [4.69, 9.17) is 16.2 Å². The molecule has 4 heteroatoms. The maximum absolute atomic E-state index is 5.80. The molecule has 1 aromatic rings. The van der Waals surface area contributed by atoms with Crippen molar-refractivity contribution in [2.45, 2.75) is 12.6 Å². The van der Waals surface area contributed by atoms with Crippen LogP contribution in [0.5, 0.6) is 5.75 Å². The molecule has 90 valence electrons. The van der Waals surface area contributed by atoms with Gasteiger partial charge >= 0.3 is 0 Å². The van der Waals surface area contributed by atoms with Crippen molar-refractivity contribution < 1.29 is 4.74 Å². The van der Waals surface area contributed by atoms with Gasteiger partial charge in [0, 0.05) is 31.2 Å². The highest BCUT2D eigenvalue weighted by molar-refractivity contribution is 5.32. The monoisotopic (exact) mass is 223 g/mol. The molecular formula is C12H21N3O. The van der Waals surface area contributed by atoms with Crippen molar-refractivity contribution >= 4 is 0 Å². The molecule has 0 fully saturated rings. The van der Waals surface area contributed by atoms with E-state index in [9.17, 15) is 0 Å². The minimum Gasteiger partial charge on any atom is -0.496 e. The van der Waals surface area contributed by atoms with Gasteiger partial charge in [-0.05, 0) is 13.1 Å². The summed E-state index contributed by atoms with van der Waals surface area (Å²) in [5.41, 5.74) is 12.5. The zero-order valence-corrected chi connectivity index (χ0v) is 10.0. The molecule has 0 aromatic heterocycles. The van der Waals surface area contributed by atoms with Gasteiger partial charge < -0.3 is 21.1 Å². The molecular weight excluding hydrogens is 202 g/mol. The summed E-state index contributed by atoms with van der Waals surface area (Å²) in [5.74, 6) is 0.913. The Morgan fingerprint density at radius 2 is 2.06 bits per heavy atom. The van der Waals surface area contributed by atoms with E-state index in [1.807, 2.05) is 25.2 Å². The fraction of sp³-hybridized carbons (Fsp3) is 0.500. The normalized spacial score (nSPS) is 12.8. The molecule has 0 radical (unpaired) electrons. The third-order valence-electron chi connectivity index (χ3n) is 2.48. The number of hydrogen-bond donors (Lipinski definition) is 2. The Morgan fingerprint density at radius 3 is 2.69 bits per heavy atom. The minimum atomic E-state index is 0.0275. The standard InChI is InChI=1S/C12H21N3O/c1-15(9-11(14)7-13)8-10-5-3-4-6-12(10)16-2/h3-6,11H,7-9,13-14H2,1-2H3. The molecule has 0 heterocycles. The van der Waals surface area contributed by atoms with Crippen LogP contribution in [0.4, 0.5) is 0 Å². The first-order valence-electron chi connectivity index (χ1n) is 5.43. The van der Waals surface area contributed by atoms with Crippen LogP contribution in [0, 0.1) is 0 Å². The molecule has 0 saturated heterocycles. The first kappa shape index (κ1) is 13.0. The van der Waals surface area contributed by atoms with E-state index in [1.165, 1.54) is 0 Å². The topological polar surface area (TPSA) is 64.5 Å². The Balaban J connectivity index is 2.58. The lowest BCUT2D eigenvalue weighted by atomic mass is 10.2. The molecule has 0 amide bonds. The number of nitrogens with zero attached hydrogens (tertiary/aromatic N) is 1. The summed E-state index contributed by atoms with van der Waals surface area (Å²) in [6, 6.07) is 8.03. The first-order chi connectivity index (χ1) is 7.67. The Bertz CT molecular complexity index is 317. The summed E-state index contributed by atoms with van der Waals surface area (Å²) in [7, 11) is 3.71. The Labute approximate surface area is 97.2 Å². The summed E-state index contributed by atoms with van der Waals surface area (Å²) in [6.45, 7) is 2.11. The molecule has 0 bridgehead atoms. The van der Waals surface area contributed by atoms with Crippen LogP contribution in [0.2, 0.25) is 0 Å². The van der Waals surface area contributed by atoms with E-state index in [2.05, 4.69) is 11.0 Å². The molecule has 1 aromatic carbocycles. The quantitative estimate of drug-likeness (QED) is 0.733. The molecule has 4 N–H and O–H groups in total. The number of methoxy groups -OCH3 is 1. The maximum Gasteiger partial charge on any atom is 0.123 e. The zero-order valence-electron chi connectivity index (χ0n) is 10.0. The third kappa shape index (κ3) is 3.81. The van der Waals surface area contributed by atoms with Crippen molar-refractivity contribution in [2.24, 2.45) is 11.5 Å². The van der Waals surface area contributed by atoms with Crippen LogP contribution in [-0.4, -0.2) is 38.2 Å². The smallest absolute Gasteiger partial charge is 0.123 e. The fourth-order valence-electron chi connectivity index (χ4n) is 1.66. The predicted molar refractivity (Wildman–Crippen MR) is 66.4 cm³/mol. The lowest BCUT2D eigenvalue weighted by Crippen LogP contribution is -2.40. The number of nitrogens with two attached hydrogens (primary N) is 2. The lowest BCUT2D eigenvalue weighted by molar-refractivity contribution is 0.298. The average Bonchev–Trinajstić information content (AvgIpc) is 2.29. The summed E-state index contributed by atoms with van der Waals surface area (Å²) >= 11 is 0. The van der Waals surface area contributed by atoms with Crippen LogP contribution in [-0.2, 0) is 6.54 Å².